The molecular weight excluding hydrogens is 440 g/mol. The molecule has 0 spiro atoms. The van der Waals surface area contributed by atoms with E-state index >= 15 is 0 Å². The van der Waals surface area contributed by atoms with Crippen LogP contribution < -0.4 is 5.73 Å². The Balaban J connectivity index is 1.69. The second-order valence-electron chi connectivity index (χ2n) is 8.99. The molecule has 1 amide bonds. The van der Waals surface area contributed by atoms with Crippen LogP contribution in [0.15, 0.2) is 48.8 Å². The highest BCUT2D eigenvalue weighted by atomic mass is 16.1. The number of primary amides is 1. The van der Waals surface area contributed by atoms with Crippen LogP contribution in [-0.2, 0) is 26.1 Å². The van der Waals surface area contributed by atoms with Gasteiger partial charge in [0.15, 0.2) is 0 Å². The van der Waals surface area contributed by atoms with E-state index in [2.05, 4.69) is 29.9 Å². The van der Waals surface area contributed by atoms with Crippen molar-refractivity contribution in [3.05, 3.63) is 71.4 Å². The maximum absolute atomic E-state index is 12.6. The maximum Gasteiger partial charge on any atom is 0.268 e. The minimum atomic E-state index is -0.514. The molecule has 0 saturated heterocycles. The van der Waals surface area contributed by atoms with Gasteiger partial charge in [0.1, 0.15) is 17.0 Å². The molecule has 2 N–H and O–H groups in total. The number of aryl methyl sites for hydroxylation is 2. The van der Waals surface area contributed by atoms with E-state index < -0.39 is 5.91 Å². The van der Waals surface area contributed by atoms with E-state index in [4.69, 9.17) is 15.8 Å². The van der Waals surface area contributed by atoms with Crippen molar-refractivity contribution in [3.8, 4) is 11.3 Å². The molecule has 35 heavy (non-hydrogen) atoms. The van der Waals surface area contributed by atoms with Crippen LogP contribution in [0.1, 0.15) is 41.3 Å². The summed E-state index contributed by atoms with van der Waals surface area (Å²) in [6.07, 6.45) is 4.60. The molecule has 5 aromatic rings. The topological polar surface area (TPSA) is 99.3 Å². The molecule has 0 bridgehead atoms. The SMILES string of the molecule is CCc1nn(Cc2ccn(CC)n2)c2cccc(-c3nc4cc(CN(C)C)ccn4c3C(N)=O)c12. The van der Waals surface area contributed by atoms with Gasteiger partial charge in [-0.1, -0.05) is 19.1 Å². The first-order valence-corrected chi connectivity index (χ1v) is 11.9. The lowest BCUT2D eigenvalue weighted by atomic mass is 10.0. The molecular formula is C26H30N8O. The molecule has 0 aliphatic carbocycles. The zero-order chi connectivity index (χ0) is 24.7. The van der Waals surface area contributed by atoms with Gasteiger partial charge in [-0.25, -0.2) is 4.98 Å². The third-order valence-corrected chi connectivity index (χ3v) is 6.19. The summed E-state index contributed by atoms with van der Waals surface area (Å²) in [7, 11) is 4.04. The molecule has 180 valence electrons. The van der Waals surface area contributed by atoms with E-state index in [-0.39, 0.29) is 0 Å². The molecule has 5 rings (SSSR count). The molecule has 0 unspecified atom stereocenters. The van der Waals surface area contributed by atoms with E-state index in [9.17, 15) is 4.79 Å². The summed E-state index contributed by atoms with van der Waals surface area (Å²) in [5.41, 5.74) is 12.4. The molecule has 0 aliphatic rings. The summed E-state index contributed by atoms with van der Waals surface area (Å²) >= 11 is 0. The quantitative estimate of drug-likeness (QED) is 0.375. The van der Waals surface area contributed by atoms with Gasteiger partial charge in [0.25, 0.3) is 5.91 Å². The van der Waals surface area contributed by atoms with Crippen molar-refractivity contribution in [3.63, 3.8) is 0 Å². The zero-order valence-electron chi connectivity index (χ0n) is 20.6. The molecule has 9 nitrogen and oxygen atoms in total. The number of rotatable bonds is 8. The Morgan fingerprint density at radius 3 is 2.60 bits per heavy atom. The normalized spacial score (nSPS) is 11.8. The van der Waals surface area contributed by atoms with Gasteiger partial charge in [0.05, 0.1) is 23.4 Å². The van der Waals surface area contributed by atoms with E-state index in [1.165, 1.54) is 0 Å². The fourth-order valence-corrected chi connectivity index (χ4v) is 4.66. The summed E-state index contributed by atoms with van der Waals surface area (Å²) in [6.45, 7) is 6.32. The Kier molecular flexibility index (Phi) is 5.86. The van der Waals surface area contributed by atoms with Gasteiger partial charge in [-0.05, 0) is 57.3 Å². The minimum absolute atomic E-state index is 0.375. The minimum Gasteiger partial charge on any atom is -0.364 e. The third kappa shape index (κ3) is 4.08. The van der Waals surface area contributed by atoms with Crippen LogP contribution in [0.5, 0.6) is 0 Å². The van der Waals surface area contributed by atoms with Crippen molar-refractivity contribution in [2.45, 2.75) is 39.9 Å². The van der Waals surface area contributed by atoms with E-state index in [0.717, 1.165) is 52.9 Å². The van der Waals surface area contributed by atoms with Gasteiger partial charge < -0.3 is 10.6 Å². The number of carbonyl (C=O) groups is 1. The number of hydrogen-bond donors (Lipinski definition) is 1. The highest BCUT2D eigenvalue weighted by Crippen LogP contribution is 2.34. The number of imidazole rings is 1. The van der Waals surface area contributed by atoms with Crippen molar-refractivity contribution in [1.29, 1.82) is 0 Å². The number of aromatic nitrogens is 6. The summed E-state index contributed by atoms with van der Waals surface area (Å²) in [5.74, 6) is -0.514. The number of fused-ring (bicyclic) bond motifs is 2. The summed E-state index contributed by atoms with van der Waals surface area (Å²) in [6, 6.07) is 12.0. The van der Waals surface area contributed by atoms with Crippen LogP contribution in [-0.4, -0.2) is 53.8 Å². The summed E-state index contributed by atoms with van der Waals surface area (Å²) < 4.78 is 5.67. The highest BCUT2D eigenvalue weighted by molar-refractivity contribution is 6.04. The molecule has 4 aromatic heterocycles. The Labute approximate surface area is 203 Å². The van der Waals surface area contributed by atoms with Crippen molar-refractivity contribution < 1.29 is 4.79 Å². The average Bonchev–Trinajstić information content (AvgIpc) is 3.53. The summed E-state index contributed by atoms with van der Waals surface area (Å²) in [4.78, 5) is 19.6. The van der Waals surface area contributed by atoms with Gasteiger partial charge >= 0.3 is 0 Å². The lowest BCUT2D eigenvalue weighted by Crippen LogP contribution is -2.15. The molecule has 0 radical (unpaired) electrons. The van der Waals surface area contributed by atoms with Crippen molar-refractivity contribution in [1.82, 2.24) is 33.8 Å². The van der Waals surface area contributed by atoms with Crippen molar-refractivity contribution in [2.75, 3.05) is 14.1 Å². The third-order valence-electron chi connectivity index (χ3n) is 6.19. The van der Waals surface area contributed by atoms with Gasteiger partial charge in [0.2, 0.25) is 0 Å². The predicted molar refractivity (Wildman–Crippen MR) is 136 cm³/mol. The average molecular weight is 471 g/mol. The first-order chi connectivity index (χ1) is 16.9. The lowest BCUT2D eigenvalue weighted by molar-refractivity contribution is 0.0995. The maximum atomic E-state index is 12.6. The number of pyridine rings is 1. The number of hydrogen-bond acceptors (Lipinski definition) is 5. The van der Waals surface area contributed by atoms with E-state index in [1.54, 1.807) is 4.40 Å². The van der Waals surface area contributed by atoms with Crippen LogP contribution in [0.2, 0.25) is 0 Å². The summed E-state index contributed by atoms with van der Waals surface area (Å²) in [5, 5.41) is 10.5. The van der Waals surface area contributed by atoms with Gasteiger partial charge in [-0.2, -0.15) is 10.2 Å². The largest absolute Gasteiger partial charge is 0.364 e. The fraction of sp³-hybridized carbons (Fsp3) is 0.308. The number of nitrogens with zero attached hydrogens (tertiary/aromatic N) is 7. The molecule has 0 saturated carbocycles. The molecule has 9 heteroatoms. The second kappa shape index (κ2) is 8.99. The lowest BCUT2D eigenvalue weighted by Gasteiger charge is -2.09. The number of carbonyl (C=O) groups excluding carboxylic acids is 1. The fourth-order valence-electron chi connectivity index (χ4n) is 4.66. The van der Waals surface area contributed by atoms with Gasteiger partial charge in [-0.3, -0.25) is 18.6 Å². The van der Waals surface area contributed by atoms with Gasteiger partial charge in [-0.15, -0.1) is 0 Å². The first-order valence-electron chi connectivity index (χ1n) is 11.9. The van der Waals surface area contributed by atoms with E-state index in [1.807, 2.05) is 66.2 Å². The van der Waals surface area contributed by atoms with Crippen LogP contribution in [0.3, 0.4) is 0 Å². The van der Waals surface area contributed by atoms with Crippen molar-refractivity contribution in [2.24, 2.45) is 5.73 Å². The van der Waals surface area contributed by atoms with Crippen molar-refractivity contribution >= 4 is 22.5 Å². The number of amides is 1. The van der Waals surface area contributed by atoms with Crippen LogP contribution >= 0.6 is 0 Å². The van der Waals surface area contributed by atoms with E-state index in [0.29, 0.717) is 23.6 Å². The Morgan fingerprint density at radius 1 is 1.09 bits per heavy atom. The zero-order valence-corrected chi connectivity index (χ0v) is 20.6. The second-order valence-corrected chi connectivity index (χ2v) is 8.99. The molecule has 0 fully saturated rings. The molecule has 4 heterocycles. The van der Waals surface area contributed by atoms with Crippen LogP contribution in [0.4, 0.5) is 0 Å². The Hall–Kier alpha value is -3.98. The number of nitrogens with two attached hydrogens (primary N) is 1. The highest BCUT2D eigenvalue weighted by Gasteiger charge is 2.23. The van der Waals surface area contributed by atoms with Crippen LogP contribution in [0.25, 0.3) is 27.8 Å². The smallest absolute Gasteiger partial charge is 0.268 e. The number of benzene rings is 1. The molecule has 0 aliphatic heterocycles. The Morgan fingerprint density at radius 2 is 1.91 bits per heavy atom. The first kappa shape index (κ1) is 22.8. The predicted octanol–water partition coefficient (Wildman–Crippen LogP) is 3.34. The van der Waals surface area contributed by atoms with Crippen LogP contribution in [0, 0.1) is 0 Å². The monoisotopic (exact) mass is 470 g/mol. The Bertz CT molecular complexity index is 1540. The molecule has 0 atom stereocenters. The molecule has 1 aromatic carbocycles. The van der Waals surface area contributed by atoms with Gasteiger partial charge in [0, 0.05) is 36.4 Å². The standard InChI is InChI=1S/C26H30N8O/c1-5-20-23-19(8-7-9-21(23)34(30-20)16-18-11-12-32(6-2)29-18)24-25(26(27)35)33-13-10-17(15-31(3)4)14-22(33)28-24/h7-14H,5-6,15-16H2,1-4H3,(H2,27,35).